The first-order valence-electron chi connectivity index (χ1n) is 10.6. The molecule has 1 heterocycles. The highest BCUT2D eigenvalue weighted by molar-refractivity contribution is 6.53. The number of anilines is 3. The molecule has 178 valence electrons. The number of nitrogens with zero attached hydrogens (tertiary/aromatic N) is 1. The summed E-state index contributed by atoms with van der Waals surface area (Å²) in [5.41, 5.74) is 2.50. The molecule has 0 saturated carbocycles. The van der Waals surface area contributed by atoms with Gasteiger partial charge in [0, 0.05) is 17.3 Å². The number of rotatable bonds is 7. The number of amides is 3. The fourth-order valence-corrected chi connectivity index (χ4v) is 3.74. The second-order valence-corrected chi connectivity index (χ2v) is 8.07. The molecule has 1 aliphatic heterocycles. The van der Waals surface area contributed by atoms with Gasteiger partial charge in [-0.2, -0.15) is 0 Å². The minimum atomic E-state index is -0.623. The van der Waals surface area contributed by atoms with Crippen LogP contribution in [0.2, 0.25) is 0 Å². The van der Waals surface area contributed by atoms with E-state index in [4.69, 9.17) is 21.1 Å². The van der Waals surface area contributed by atoms with Crippen molar-refractivity contribution in [2.24, 2.45) is 0 Å². The van der Waals surface area contributed by atoms with Gasteiger partial charge in [0.05, 0.1) is 25.6 Å². The molecule has 0 spiro atoms. The quantitative estimate of drug-likeness (QED) is 0.465. The van der Waals surface area contributed by atoms with E-state index < -0.39 is 17.7 Å². The lowest BCUT2D eigenvalue weighted by Crippen LogP contribution is -2.32. The van der Waals surface area contributed by atoms with Gasteiger partial charge >= 0.3 is 0 Å². The van der Waals surface area contributed by atoms with E-state index in [1.807, 2.05) is 6.92 Å². The van der Waals surface area contributed by atoms with E-state index in [2.05, 4.69) is 10.6 Å². The maximum atomic E-state index is 13.0. The van der Waals surface area contributed by atoms with Crippen LogP contribution in [0.4, 0.5) is 17.1 Å². The maximum absolute atomic E-state index is 13.0. The molecule has 0 saturated heterocycles. The van der Waals surface area contributed by atoms with E-state index >= 15 is 0 Å². The van der Waals surface area contributed by atoms with Crippen LogP contribution in [0.5, 0.6) is 11.5 Å². The van der Waals surface area contributed by atoms with E-state index in [1.54, 1.807) is 66.7 Å². The Kier molecular flexibility index (Phi) is 6.75. The number of benzene rings is 3. The largest absolute Gasteiger partial charge is 0.497 e. The number of nitrogens with one attached hydrogen (secondary N) is 2. The van der Waals surface area contributed by atoms with E-state index in [-0.39, 0.29) is 10.7 Å². The van der Waals surface area contributed by atoms with Gasteiger partial charge < -0.3 is 20.1 Å². The molecule has 4 rings (SSSR count). The average molecular weight is 492 g/mol. The van der Waals surface area contributed by atoms with Crippen LogP contribution in [0.1, 0.15) is 15.9 Å². The summed E-state index contributed by atoms with van der Waals surface area (Å²) in [6.07, 6.45) is 0. The lowest BCUT2D eigenvalue weighted by atomic mass is 10.1. The monoisotopic (exact) mass is 491 g/mol. The van der Waals surface area contributed by atoms with Crippen molar-refractivity contribution in [3.63, 3.8) is 0 Å². The topological polar surface area (TPSA) is 97.0 Å². The van der Waals surface area contributed by atoms with Gasteiger partial charge in [-0.1, -0.05) is 35.4 Å². The Morgan fingerprint density at radius 3 is 2.34 bits per heavy atom. The molecule has 1 aliphatic rings. The maximum Gasteiger partial charge on any atom is 0.283 e. The Balaban J connectivity index is 1.55. The van der Waals surface area contributed by atoms with Crippen LogP contribution in [0, 0.1) is 6.92 Å². The minimum Gasteiger partial charge on any atom is -0.497 e. The summed E-state index contributed by atoms with van der Waals surface area (Å²) in [7, 11) is 3.02. The standard InChI is InChI=1S/C26H22ClN3O5/c1-15-7-9-18(10-8-15)30-25(32)22(27)23(26(30)33)28-17-6-4-5-16(13-17)24(31)29-20-14-19(34-2)11-12-21(20)35-3/h4-14,28H,1-3H3,(H,29,31). The van der Waals surface area contributed by atoms with E-state index in [0.29, 0.717) is 34.1 Å². The molecule has 0 fully saturated rings. The van der Waals surface area contributed by atoms with Crippen molar-refractivity contribution < 1.29 is 23.9 Å². The summed E-state index contributed by atoms with van der Waals surface area (Å²) in [4.78, 5) is 39.6. The molecule has 0 radical (unpaired) electrons. The van der Waals surface area contributed by atoms with Crippen LogP contribution in [-0.4, -0.2) is 31.9 Å². The van der Waals surface area contributed by atoms with Crippen LogP contribution in [0.25, 0.3) is 0 Å². The summed E-state index contributed by atoms with van der Waals surface area (Å²) < 4.78 is 10.5. The molecule has 3 aromatic carbocycles. The summed E-state index contributed by atoms with van der Waals surface area (Å²) in [6, 6.07) is 18.5. The van der Waals surface area contributed by atoms with E-state index in [9.17, 15) is 14.4 Å². The Morgan fingerprint density at radius 1 is 0.914 bits per heavy atom. The van der Waals surface area contributed by atoms with Crippen molar-refractivity contribution in [3.8, 4) is 11.5 Å². The average Bonchev–Trinajstić information content (AvgIpc) is 3.07. The number of halogens is 1. The van der Waals surface area contributed by atoms with Crippen LogP contribution in [-0.2, 0) is 9.59 Å². The summed E-state index contributed by atoms with van der Waals surface area (Å²) in [6.45, 7) is 1.91. The molecule has 2 N–H and O–H groups in total. The van der Waals surface area contributed by atoms with Gasteiger partial charge in [0.15, 0.2) is 0 Å². The lowest BCUT2D eigenvalue weighted by Gasteiger charge is -2.15. The van der Waals surface area contributed by atoms with Gasteiger partial charge in [-0.3, -0.25) is 14.4 Å². The molecule has 0 atom stereocenters. The normalized spacial score (nSPS) is 13.2. The van der Waals surface area contributed by atoms with Gasteiger partial charge in [0.2, 0.25) is 0 Å². The van der Waals surface area contributed by atoms with E-state index in [1.165, 1.54) is 14.2 Å². The SMILES string of the molecule is COc1ccc(OC)c(NC(=O)c2cccc(NC3=C(Cl)C(=O)N(c4ccc(C)cc4)C3=O)c2)c1. The van der Waals surface area contributed by atoms with Crippen molar-refractivity contribution in [1.82, 2.24) is 0 Å². The Hall–Kier alpha value is -4.30. The van der Waals surface area contributed by atoms with Gasteiger partial charge in [0.1, 0.15) is 22.2 Å². The number of aryl methyl sites for hydroxylation is 1. The Labute approximate surface area is 207 Å². The van der Waals surface area contributed by atoms with Crippen LogP contribution in [0.15, 0.2) is 77.5 Å². The van der Waals surface area contributed by atoms with Gasteiger partial charge in [-0.15, -0.1) is 0 Å². The molecule has 0 unspecified atom stereocenters. The van der Waals surface area contributed by atoms with Crippen LogP contribution in [0.3, 0.4) is 0 Å². The predicted molar refractivity (Wildman–Crippen MR) is 134 cm³/mol. The number of hydrogen-bond donors (Lipinski definition) is 2. The number of hydrogen-bond acceptors (Lipinski definition) is 6. The smallest absolute Gasteiger partial charge is 0.283 e. The number of imide groups is 1. The van der Waals surface area contributed by atoms with Gasteiger partial charge in [-0.05, 0) is 49.4 Å². The second kappa shape index (κ2) is 9.90. The van der Waals surface area contributed by atoms with Crippen molar-refractivity contribution in [2.75, 3.05) is 29.8 Å². The molecule has 35 heavy (non-hydrogen) atoms. The first-order chi connectivity index (χ1) is 16.8. The highest BCUT2D eigenvalue weighted by Gasteiger charge is 2.38. The first-order valence-corrected chi connectivity index (χ1v) is 11.0. The number of ether oxygens (including phenoxy) is 2. The number of methoxy groups -OCH3 is 2. The molecule has 3 amide bonds. The molecule has 0 aromatic heterocycles. The van der Waals surface area contributed by atoms with Gasteiger partial charge in [0.25, 0.3) is 17.7 Å². The number of carbonyl (C=O) groups is 3. The first kappa shape index (κ1) is 23.8. The van der Waals surface area contributed by atoms with Gasteiger partial charge in [-0.25, -0.2) is 4.90 Å². The molecule has 0 bridgehead atoms. The van der Waals surface area contributed by atoms with Crippen LogP contribution >= 0.6 is 11.6 Å². The molecular formula is C26H22ClN3O5. The third-order valence-corrected chi connectivity index (χ3v) is 5.72. The highest BCUT2D eigenvalue weighted by atomic mass is 35.5. The minimum absolute atomic E-state index is 0.0655. The molecule has 9 heteroatoms. The lowest BCUT2D eigenvalue weighted by molar-refractivity contribution is -0.120. The Bertz CT molecular complexity index is 1350. The zero-order chi connectivity index (χ0) is 25.1. The third-order valence-electron chi connectivity index (χ3n) is 5.37. The van der Waals surface area contributed by atoms with Crippen LogP contribution < -0.4 is 25.0 Å². The third kappa shape index (κ3) is 4.83. The fraction of sp³-hybridized carbons (Fsp3) is 0.115. The van der Waals surface area contributed by atoms with Crippen molar-refractivity contribution in [2.45, 2.75) is 6.92 Å². The molecule has 8 nitrogen and oxygen atoms in total. The molecule has 3 aromatic rings. The second-order valence-electron chi connectivity index (χ2n) is 7.70. The van der Waals surface area contributed by atoms with Crippen molar-refractivity contribution in [1.29, 1.82) is 0 Å². The molecule has 0 aliphatic carbocycles. The zero-order valence-electron chi connectivity index (χ0n) is 19.2. The van der Waals surface area contributed by atoms with E-state index in [0.717, 1.165) is 10.5 Å². The van der Waals surface area contributed by atoms with Crippen molar-refractivity contribution in [3.05, 3.63) is 88.6 Å². The zero-order valence-corrected chi connectivity index (χ0v) is 20.0. The van der Waals surface area contributed by atoms with Crippen molar-refractivity contribution >= 4 is 46.4 Å². The predicted octanol–water partition coefficient (Wildman–Crippen LogP) is 4.70. The number of carbonyl (C=O) groups excluding carboxylic acids is 3. The molecular weight excluding hydrogens is 470 g/mol. The summed E-state index contributed by atoms with van der Waals surface area (Å²) in [5.74, 6) is -0.588. The summed E-state index contributed by atoms with van der Waals surface area (Å²) in [5, 5.41) is 5.45. The summed E-state index contributed by atoms with van der Waals surface area (Å²) >= 11 is 6.22. The highest BCUT2D eigenvalue weighted by Crippen LogP contribution is 2.31. The Morgan fingerprint density at radius 2 is 1.66 bits per heavy atom. The fourth-order valence-electron chi connectivity index (χ4n) is 3.53.